The van der Waals surface area contributed by atoms with Crippen LogP contribution in [0, 0.1) is 18.6 Å². The number of hydrazine groups is 1. The molecule has 0 atom stereocenters. The van der Waals surface area contributed by atoms with E-state index >= 15 is 0 Å². The summed E-state index contributed by atoms with van der Waals surface area (Å²) in [6.07, 6.45) is 1.76. The van der Waals surface area contributed by atoms with E-state index in [0.29, 0.717) is 41.9 Å². The van der Waals surface area contributed by atoms with Gasteiger partial charge in [0.25, 0.3) is 11.8 Å². The summed E-state index contributed by atoms with van der Waals surface area (Å²) in [6.45, 7) is 1.67. The molecule has 0 saturated heterocycles. The molecular weight excluding hydrogens is 446 g/mol. The molecule has 3 aromatic rings. The van der Waals surface area contributed by atoms with Crippen molar-refractivity contribution in [2.24, 2.45) is 5.10 Å². The van der Waals surface area contributed by atoms with Gasteiger partial charge in [-0.2, -0.15) is 5.10 Å². The Bertz CT molecular complexity index is 1300. The van der Waals surface area contributed by atoms with E-state index in [4.69, 9.17) is 4.42 Å². The predicted octanol–water partition coefficient (Wildman–Crippen LogP) is 3.41. The number of carbonyl (C=O) groups excluding carboxylic acids is 3. The molecule has 1 aromatic heterocycles. The molecule has 1 aliphatic carbocycles. The summed E-state index contributed by atoms with van der Waals surface area (Å²) in [6, 6.07) is 10.4. The summed E-state index contributed by atoms with van der Waals surface area (Å²) in [5.74, 6) is -2.64. The van der Waals surface area contributed by atoms with Gasteiger partial charge in [0.2, 0.25) is 0 Å². The Morgan fingerprint density at radius 3 is 2.35 bits per heavy atom. The van der Waals surface area contributed by atoms with E-state index < -0.39 is 29.4 Å². The summed E-state index contributed by atoms with van der Waals surface area (Å²) in [5, 5.41) is 4.15. The third-order valence-corrected chi connectivity index (χ3v) is 5.34. The van der Waals surface area contributed by atoms with Crippen molar-refractivity contribution >= 4 is 23.4 Å². The number of benzene rings is 2. The summed E-state index contributed by atoms with van der Waals surface area (Å²) in [4.78, 5) is 37.1. The quantitative estimate of drug-likeness (QED) is 0.512. The number of amides is 3. The summed E-state index contributed by atoms with van der Waals surface area (Å²) in [5.41, 5.74) is 8.50. The smallest absolute Gasteiger partial charge is 0.305 e. The third-order valence-electron chi connectivity index (χ3n) is 5.34. The van der Waals surface area contributed by atoms with Gasteiger partial charge in [-0.1, -0.05) is 12.1 Å². The molecule has 4 rings (SSSR count). The molecule has 2 aromatic carbocycles. The lowest BCUT2D eigenvalue weighted by atomic mass is 9.93. The van der Waals surface area contributed by atoms with Crippen molar-refractivity contribution in [3.05, 3.63) is 93.9 Å². The number of rotatable bonds is 4. The Kier molecular flexibility index (Phi) is 6.48. The van der Waals surface area contributed by atoms with Crippen molar-refractivity contribution in [1.82, 2.24) is 16.3 Å². The number of fused-ring (bicyclic) bond motifs is 1. The van der Waals surface area contributed by atoms with E-state index in [1.165, 1.54) is 30.3 Å². The fourth-order valence-corrected chi connectivity index (χ4v) is 3.66. The van der Waals surface area contributed by atoms with Gasteiger partial charge in [-0.15, -0.1) is 0 Å². The zero-order valence-corrected chi connectivity index (χ0v) is 18.1. The highest BCUT2D eigenvalue weighted by Gasteiger charge is 2.28. The number of hydrogen-bond donors (Lipinski definition) is 3. The van der Waals surface area contributed by atoms with Crippen LogP contribution in [0.5, 0.6) is 0 Å². The van der Waals surface area contributed by atoms with Crippen LogP contribution in [0.2, 0.25) is 0 Å². The molecule has 0 radical (unpaired) electrons. The fraction of sp³-hybridized carbons (Fsp3) is 0.167. The maximum Gasteiger partial charge on any atom is 0.305 e. The van der Waals surface area contributed by atoms with Crippen molar-refractivity contribution in [1.29, 1.82) is 0 Å². The van der Waals surface area contributed by atoms with Crippen molar-refractivity contribution in [3.63, 3.8) is 0 Å². The number of carbonyl (C=O) groups is 3. The summed E-state index contributed by atoms with van der Waals surface area (Å²) < 4.78 is 32.6. The molecule has 0 spiro atoms. The van der Waals surface area contributed by atoms with Crippen LogP contribution < -0.4 is 16.3 Å². The largest absolute Gasteiger partial charge is 0.455 e. The first-order valence-corrected chi connectivity index (χ1v) is 10.5. The fourth-order valence-electron chi connectivity index (χ4n) is 3.66. The van der Waals surface area contributed by atoms with Crippen LogP contribution in [-0.4, -0.2) is 23.4 Å². The third kappa shape index (κ3) is 4.70. The monoisotopic (exact) mass is 466 g/mol. The second-order valence-corrected chi connectivity index (χ2v) is 7.60. The van der Waals surface area contributed by atoms with Gasteiger partial charge in [-0.25, -0.2) is 14.2 Å². The molecule has 3 amide bonds. The number of furan rings is 1. The summed E-state index contributed by atoms with van der Waals surface area (Å²) in [7, 11) is 0. The van der Waals surface area contributed by atoms with Gasteiger partial charge in [-0.05, 0) is 56.2 Å². The van der Waals surface area contributed by atoms with Crippen LogP contribution in [0.25, 0.3) is 0 Å². The normalized spacial score (nSPS) is 13.8. The standard InChI is InChI=1S/C24H20F2N4O4/c1-13-20-18(27-29-23(32)16-5-2-3-6-17(16)26)7-4-8-19(20)34-21(13)24(33)30-28-22(31)14-9-11-15(25)12-10-14/h2-3,5-6,9-12H,4,7-8H2,1H3,(H,28,31)(H,29,32)(H,30,33)/b27-18+. The first kappa shape index (κ1) is 22.8. The van der Waals surface area contributed by atoms with Gasteiger partial charge in [0, 0.05) is 23.1 Å². The Labute approximate surface area is 193 Å². The molecule has 10 heteroatoms. The lowest BCUT2D eigenvalue weighted by Crippen LogP contribution is -2.41. The molecule has 3 N–H and O–H groups in total. The zero-order chi connectivity index (χ0) is 24.2. The number of aryl methyl sites for hydroxylation is 1. The number of nitrogens with zero attached hydrogens (tertiary/aromatic N) is 1. The SMILES string of the molecule is Cc1c(C(=O)NNC(=O)c2ccc(F)cc2)oc2c1/C(=N/NC(=O)c1ccccc1F)CCC2. The van der Waals surface area contributed by atoms with Crippen LogP contribution in [0.4, 0.5) is 8.78 Å². The molecule has 174 valence electrons. The van der Waals surface area contributed by atoms with Gasteiger partial charge in [0.05, 0.1) is 11.3 Å². The Balaban J connectivity index is 1.48. The average molecular weight is 466 g/mol. The average Bonchev–Trinajstić information content (AvgIpc) is 3.18. The molecule has 0 fully saturated rings. The van der Waals surface area contributed by atoms with Gasteiger partial charge in [0.15, 0.2) is 5.76 Å². The predicted molar refractivity (Wildman–Crippen MR) is 118 cm³/mol. The maximum atomic E-state index is 13.8. The number of hydrazone groups is 1. The Hall–Kier alpha value is -4.34. The molecule has 34 heavy (non-hydrogen) atoms. The van der Waals surface area contributed by atoms with Crippen molar-refractivity contribution in [2.45, 2.75) is 26.2 Å². The highest BCUT2D eigenvalue weighted by atomic mass is 19.1. The molecule has 0 saturated carbocycles. The Morgan fingerprint density at radius 2 is 1.62 bits per heavy atom. The van der Waals surface area contributed by atoms with Crippen molar-refractivity contribution in [2.75, 3.05) is 0 Å². The van der Waals surface area contributed by atoms with Crippen LogP contribution in [-0.2, 0) is 6.42 Å². The minimum absolute atomic E-state index is 0.0144. The first-order valence-electron chi connectivity index (χ1n) is 10.5. The van der Waals surface area contributed by atoms with Gasteiger partial charge in [0.1, 0.15) is 17.4 Å². The molecule has 0 aliphatic heterocycles. The van der Waals surface area contributed by atoms with Gasteiger partial charge < -0.3 is 4.42 Å². The van der Waals surface area contributed by atoms with Crippen molar-refractivity contribution < 1.29 is 27.6 Å². The molecule has 0 unspecified atom stereocenters. The Morgan fingerprint density at radius 1 is 0.912 bits per heavy atom. The number of halogens is 2. The second kappa shape index (κ2) is 9.65. The lowest BCUT2D eigenvalue weighted by Gasteiger charge is -2.13. The number of hydrogen-bond acceptors (Lipinski definition) is 5. The minimum Gasteiger partial charge on any atom is -0.455 e. The highest BCUT2D eigenvalue weighted by molar-refractivity contribution is 6.07. The minimum atomic E-state index is -0.694. The van der Waals surface area contributed by atoms with Crippen molar-refractivity contribution in [3.8, 4) is 0 Å². The molecule has 1 heterocycles. The lowest BCUT2D eigenvalue weighted by molar-refractivity contribution is 0.0829. The highest BCUT2D eigenvalue weighted by Crippen LogP contribution is 2.29. The van der Waals surface area contributed by atoms with E-state index in [9.17, 15) is 23.2 Å². The van der Waals surface area contributed by atoms with Gasteiger partial charge in [-0.3, -0.25) is 25.2 Å². The number of nitrogens with one attached hydrogen (secondary N) is 3. The topological polar surface area (TPSA) is 113 Å². The molecular formula is C24H20F2N4O4. The first-order chi connectivity index (χ1) is 16.3. The van der Waals surface area contributed by atoms with E-state index in [0.717, 1.165) is 12.1 Å². The van der Waals surface area contributed by atoms with Crippen LogP contribution >= 0.6 is 0 Å². The van der Waals surface area contributed by atoms with Crippen LogP contribution in [0.3, 0.4) is 0 Å². The van der Waals surface area contributed by atoms with E-state index in [1.54, 1.807) is 13.0 Å². The molecule has 8 nitrogen and oxygen atoms in total. The van der Waals surface area contributed by atoms with E-state index in [2.05, 4.69) is 21.4 Å². The summed E-state index contributed by atoms with van der Waals surface area (Å²) >= 11 is 0. The van der Waals surface area contributed by atoms with E-state index in [-0.39, 0.29) is 16.9 Å². The maximum absolute atomic E-state index is 13.8. The molecule has 1 aliphatic rings. The van der Waals surface area contributed by atoms with Gasteiger partial charge >= 0.3 is 5.91 Å². The zero-order valence-electron chi connectivity index (χ0n) is 18.1. The van der Waals surface area contributed by atoms with Crippen LogP contribution in [0.1, 0.15) is 61.0 Å². The van der Waals surface area contributed by atoms with E-state index in [1.807, 2.05) is 0 Å². The second-order valence-electron chi connectivity index (χ2n) is 7.60. The van der Waals surface area contributed by atoms with Crippen LogP contribution in [0.15, 0.2) is 58.0 Å². The molecule has 0 bridgehead atoms.